The van der Waals surface area contributed by atoms with Crippen LogP contribution in [0.5, 0.6) is 0 Å². The van der Waals surface area contributed by atoms with E-state index in [1.165, 1.54) is 6.92 Å². The van der Waals surface area contributed by atoms with E-state index in [4.69, 9.17) is 5.26 Å². The number of hydrogen-bond donors (Lipinski definition) is 2. The van der Waals surface area contributed by atoms with Gasteiger partial charge in [0.25, 0.3) is 10.2 Å². The van der Waals surface area contributed by atoms with Gasteiger partial charge in [0.2, 0.25) is 0 Å². The molecule has 0 spiro atoms. The van der Waals surface area contributed by atoms with E-state index in [0.717, 1.165) is 6.42 Å². The summed E-state index contributed by atoms with van der Waals surface area (Å²) in [5, 5.41) is 8.32. The number of rotatable bonds is 5. The van der Waals surface area contributed by atoms with Crippen molar-refractivity contribution in [2.24, 2.45) is 0 Å². The Morgan fingerprint density at radius 3 is 2.58 bits per heavy atom. The van der Waals surface area contributed by atoms with Gasteiger partial charge in [-0.1, -0.05) is 6.92 Å². The highest BCUT2D eigenvalue weighted by Crippen LogP contribution is 1.83. The van der Waals surface area contributed by atoms with Gasteiger partial charge >= 0.3 is 0 Å². The van der Waals surface area contributed by atoms with Crippen molar-refractivity contribution >= 4 is 10.2 Å². The van der Waals surface area contributed by atoms with Gasteiger partial charge in [0, 0.05) is 6.54 Å². The zero-order valence-corrected chi connectivity index (χ0v) is 7.98. The van der Waals surface area contributed by atoms with Gasteiger partial charge in [-0.15, -0.1) is 0 Å². The molecule has 5 nitrogen and oxygen atoms in total. The summed E-state index contributed by atoms with van der Waals surface area (Å²) in [6, 6.07) is 1.07. The van der Waals surface area contributed by atoms with Crippen LogP contribution in [0.25, 0.3) is 0 Å². The number of nitriles is 1. The normalized spacial score (nSPS) is 13.8. The molecule has 0 amide bonds. The van der Waals surface area contributed by atoms with Gasteiger partial charge in [-0.25, -0.2) is 4.72 Å². The third-order valence-electron chi connectivity index (χ3n) is 1.07. The van der Waals surface area contributed by atoms with Gasteiger partial charge in [-0.3, -0.25) is 0 Å². The molecule has 2 N–H and O–H groups in total. The molecule has 0 aromatic carbocycles. The third kappa shape index (κ3) is 5.07. The lowest BCUT2D eigenvalue weighted by molar-refractivity contribution is 0.561. The van der Waals surface area contributed by atoms with Crippen molar-refractivity contribution in [3.8, 4) is 6.07 Å². The Morgan fingerprint density at radius 2 is 2.17 bits per heavy atom. The highest BCUT2D eigenvalue weighted by molar-refractivity contribution is 7.87. The first kappa shape index (κ1) is 11.4. The monoisotopic (exact) mass is 191 g/mol. The molecule has 6 heteroatoms. The molecule has 0 radical (unpaired) electrons. The summed E-state index contributed by atoms with van der Waals surface area (Å²) in [7, 11) is -3.48. The highest BCUT2D eigenvalue weighted by atomic mass is 32.2. The Morgan fingerprint density at radius 1 is 1.58 bits per heavy atom. The van der Waals surface area contributed by atoms with Gasteiger partial charge in [0.05, 0.1) is 6.07 Å². The van der Waals surface area contributed by atoms with E-state index < -0.39 is 16.3 Å². The van der Waals surface area contributed by atoms with Gasteiger partial charge in [-0.2, -0.15) is 18.4 Å². The zero-order chi connectivity index (χ0) is 9.61. The van der Waals surface area contributed by atoms with Crippen molar-refractivity contribution in [1.82, 2.24) is 9.44 Å². The van der Waals surface area contributed by atoms with Crippen molar-refractivity contribution < 1.29 is 8.42 Å². The quantitative estimate of drug-likeness (QED) is 0.627. The molecule has 0 saturated heterocycles. The Hall–Kier alpha value is -0.640. The molecule has 0 aliphatic carbocycles. The maximum absolute atomic E-state index is 11.0. The molecule has 0 rings (SSSR count). The molecule has 0 aliphatic heterocycles. The van der Waals surface area contributed by atoms with Crippen LogP contribution in [0, 0.1) is 11.3 Å². The summed E-state index contributed by atoms with van der Waals surface area (Å²) in [6.45, 7) is 3.72. The average molecular weight is 191 g/mol. The van der Waals surface area contributed by atoms with E-state index in [9.17, 15) is 8.42 Å². The fraction of sp³-hybridized carbons (Fsp3) is 0.833. The number of nitrogens with zero attached hydrogens (tertiary/aromatic N) is 1. The SMILES string of the molecule is CCCNS(=O)(=O)NC(C)C#N. The van der Waals surface area contributed by atoms with Crippen molar-refractivity contribution in [3.63, 3.8) is 0 Å². The Bertz CT molecular complexity index is 254. The molecule has 0 saturated carbocycles. The van der Waals surface area contributed by atoms with Crippen molar-refractivity contribution in [2.75, 3.05) is 6.54 Å². The minimum atomic E-state index is -3.48. The van der Waals surface area contributed by atoms with Crippen LogP contribution in [0.2, 0.25) is 0 Å². The lowest BCUT2D eigenvalue weighted by Gasteiger charge is -2.07. The molecular weight excluding hydrogens is 178 g/mol. The summed E-state index contributed by atoms with van der Waals surface area (Å²) in [5.41, 5.74) is 0. The summed E-state index contributed by atoms with van der Waals surface area (Å²) >= 11 is 0. The predicted molar refractivity (Wildman–Crippen MR) is 45.4 cm³/mol. The van der Waals surface area contributed by atoms with Crippen molar-refractivity contribution in [3.05, 3.63) is 0 Å². The molecule has 0 aromatic heterocycles. The maximum Gasteiger partial charge on any atom is 0.278 e. The van der Waals surface area contributed by atoms with Crippen LogP contribution >= 0.6 is 0 Å². The first-order chi connectivity index (χ1) is 5.52. The Kier molecular flexibility index (Phi) is 4.81. The van der Waals surface area contributed by atoms with Gasteiger partial charge in [0.1, 0.15) is 6.04 Å². The molecule has 70 valence electrons. The zero-order valence-electron chi connectivity index (χ0n) is 7.16. The summed E-state index contributed by atoms with van der Waals surface area (Å²) < 4.78 is 26.4. The molecular formula is C6H13N3O2S. The van der Waals surface area contributed by atoms with Crippen molar-refractivity contribution in [1.29, 1.82) is 5.26 Å². The maximum atomic E-state index is 11.0. The molecule has 0 heterocycles. The van der Waals surface area contributed by atoms with Gasteiger partial charge < -0.3 is 0 Å². The molecule has 12 heavy (non-hydrogen) atoms. The van der Waals surface area contributed by atoms with Crippen LogP contribution in [-0.4, -0.2) is 21.0 Å². The van der Waals surface area contributed by atoms with Gasteiger partial charge in [0.15, 0.2) is 0 Å². The minimum Gasteiger partial charge on any atom is -0.202 e. The van der Waals surface area contributed by atoms with E-state index in [2.05, 4.69) is 9.44 Å². The van der Waals surface area contributed by atoms with Crippen LogP contribution in [-0.2, 0) is 10.2 Å². The highest BCUT2D eigenvalue weighted by Gasteiger charge is 2.11. The van der Waals surface area contributed by atoms with E-state index in [1.54, 1.807) is 6.07 Å². The predicted octanol–water partition coefficient (Wildman–Crippen LogP) is -0.268. The molecule has 0 fully saturated rings. The number of hydrogen-bond acceptors (Lipinski definition) is 3. The second-order valence-electron chi connectivity index (χ2n) is 2.37. The third-order valence-corrected chi connectivity index (χ3v) is 2.32. The summed E-state index contributed by atoms with van der Waals surface area (Å²) in [4.78, 5) is 0. The van der Waals surface area contributed by atoms with Crippen LogP contribution in [0.15, 0.2) is 0 Å². The first-order valence-electron chi connectivity index (χ1n) is 3.68. The van der Waals surface area contributed by atoms with Crippen LogP contribution in [0.4, 0.5) is 0 Å². The smallest absolute Gasteiger partial charge is 0.202 e. The fourth-order valence-corrected chi connectivity index (χ4v) is 1.61. The van der Waals surface area contributed by atoms with Crippen molar-refractivity contribution in [2.45, 2.75) is 26.3 Å². The lowest BCUT2D eigenvalue weighted by atomic mass is 10.4. The first-order valence-corrected chi connectivity index (χ1v) is 5.16. The number of nitrogens with one attached hydrogen (secondary N) is 2. The van der Waals surface area contributed by atoms with Crippen LogP contribution in [0.3, 0.4) is 0 Å². The standard InChI is InChI=1S/C6H13N3O2S/c1-3-4-8-12(10,11)9-6(2)5-7/h6,8-9H,3-4H2,1-2H3. The average Bonchev–Trinajstić information content (AvgIpc) is 2.00. The Labute approximate surface area is 73.0 Å². The van der Waals surface area contributed by atoms with Crippen LogP contribution < -0.4 is 9.44 Å². The minimum absolute atomic E-state index is 0.382. The molecule has 1 atom stereocenters. The molecule has 0 aromatic rings. The van der Waals surface area contributed by atoms with E-state index in [-0.39, 0.29) is 0 Å². The Balaban J connectivity index is 3.99. The topological polar surface area (TPSA) is 82.0 Å². The van der Waals surface area contributed by atoms with E-state index in [0.29, 0.717) is 6.54 Å². The fourth-order valence-electron chi connectivity index (χ4n) is 0.537. The van der Waals surface area contributed by atoms with Crippen LogP contribution in [0.1, 0.15) is 20.3 Å². The summed E-state index contributed by atoms with van der Waals surface area (Å²) in [6.07, 6.45) is 0.724. The largest absolute Gasteiger partial charge is 0.278 e. The van der Waals surface area contributed by atoms with Gasteiger partial charge in [-0.05, 0) is 13.3 Å². The summed E-state index contributed by atoms with van der Waals surface area (Å²) in [5.74, 6) is 0. The molecule has 0 aliphatic rings. The lowest BCUT2D eigenvalue weighted by Crippen LogP contribution is -2.41. The second kappa shape index (κ2) is 5.09. The van der Waals surface area contributed by atoms with E-state index >= 15 is 0 Å². The molecule has 1 unspecified atom stereocenters. The molecule has 0 bridgehead atoms. The van der Waals surface area contributed by atoms with E-state index in [1.807, 2.05) is 6.92 Å². The second-order valence-corrected chi connectivity index (χ2v) is 3.90.